The number of rotatable bonds is 3. The Bertz CT molecular complexity index is 542. The van der Waals surface area contributed by atoms with Crippen molar-refractivity contribution in [1.82, 2.24) is 9.55 Å². The quantitative estimate of drug-likeness (QED) is 0.852. The molecule has 1 aromatic heterocycles. The van der Waals surface area contributed by atoms with Crippen LogP contribution < -0.4 is 0 Å². The summed E-state index contributed by atoms with van der Waals surface area (Å²) in [5.74, 6) is 0. The zero-order valence-corrected chi connectivity index (χ0v) is 11.4. The standard InChI is InChI=1S/C12H13BrN2S/c1-2-11-7-14-12(16)15(11)8-9-4-3-5-10(13)6-9/h3-7H,2,8H2,1H3,(H,14,16). The Hall–Kier alpha value is -0.870. The predicted molar refractivity (Wildman–Crippen MR) is 72.2 cm³/mol. The van der Waals surface area contributed by atoms with E-state index in [4.69, 9.17) is 12.2 Å². The lowest BCUT2D eigenvalue weighted by atomic mass is 10.2. The summed E-state index contributed by atoms with van der Waals surface area (Å²) in [5.41, 5.74) is 2.49. The first-order chi connectivity index (χ1) is 7.70. The van der Waals surface area contributed by atoms with Crippen molar-refractivity contribution >= 4 is 28.1 Å². The SMILES string of the molecule is CCc1c[nH]c(=S)n1Cc1cccc(Br)c1. The number of hydrogen-bond donors (Lipinski definition) is 1. The number of benzene rings is 1. The van der Waals surface area contributed by atoms with Crippen molar-refractivity contribution in [1.29, 1.82) is 0 Å². The second-order valence-corrected chi connectivity index (χ2v) is 4.96. The van der Waals surface area contributed by atoms with Gasteiger partial charge in [0.25, 0.3) is 0 Å². The molecule has 1 heterocycles. The van der Waals surface area contributed by atoms with Crippen LogP contribution in [-0.2, 0) is 13.0 Å². The van der Waals surface area contributed by atoms with Gasteiger partial charge in [-0.1, -0.05) is 35.0 Å². The van der Waals surface area contributed by atoms with Crippen LogP contribution in [0, 0.1) is 4.77 Å². The minimum Gasteiger partial charge on any atom is -0.337 e. The van der Waals surface area contributed by atoms with E-state index >= 15 is 0 Å². The molecule has 84 valence electrons. The molecule has 0 radical (unpaired) electrons. The fourth-order valence-electron chi connectivity index (χ4n) is 1.72. The Balaban J connectivity index is 2.33. The summed E-state index contributed by atoms with van der Waals surface area (Å²) in [6.07, 6.45) is 2.97. The molecule has 0 saturated heterocycles. The number of imidazole rings is 1. The number of aromatic nitrogens is 2. The van der Waals surface area contributed by atoms with Crippen molar-refractivity contribution < 1.29 is 0 Å². The third kappa shape index (κ3) is 2.44. The Morgan fingerprint density at radius 1 is 1.44 bits per heavy atom. The molecule has 1 N–H and O–H groups in total. The van der Waals surface area contributed by atoms with Crippen LogP contribution in [-0.4, -0.2) is 9.55 Å². The Kier molecular flexibility index (Phi) is 3.61. The van der Waals surface area contributed by atoms with Crippen LogP contribution in [0.5, 0.6) is 0 Å². The number of aromatic amines is 1. The molecule has 0 saturated carbocycles. The number of H-pyrrole nitrogens is 1. The van der Waals surface area contributed by atoms with Crippen LogP contribution >= 0.6 is 28.1 Å². The fourth-order valence-corrected chi connectivity index (χ4v) is 2.40. The molecule has 1 aromatic carbocycles. The summed E-state index contributed by atoms with van der Waals surface area (Å²) in [4.78, 5) is 3.09. The Labute approximate surface area is 108 Å². The highest BCUT2D eigenvalue weighted by molar-refractivity contribution is 9.10. The van der Waals surface area contributed by atoms with Gasteiger partial charge in [0, 0.05) is 16.4 Å². The highest BCUT2D eigenvalue weighted by Crippen LogP contribution is 2.14. The lowest BCUT2D eigenvalue weighted by Crippen LogP contribution is -2.03. The van der Waals surface area contributed by atoms with E-state index in [0.29, 0.717) is 0 Å². The van der Waals surface area contributed by atoms with Gasteiger partial charge in [0.1, 0.15) is 0 Å². The molecule has 0 atom stereocenters. The van der Waals surface area contributed by atoms with Crippen molar-refractivity contribution in [2.75, 3.05) is 0 Å². The van der Waals surface area contributed by atoms with E-state index in [2.05, 4.69) is 44.5 Å². The van der Waals surface area contributed by atoms with Crippen LogP contribution in [0.15, 0.2) is 34.9 Å². The molecule has 0 aliphatic heterocycles. The molecule has 0 spiro atoms. The van der Waals surface area contributed by atoms with Crippen molar-refractivity contribution in [2.24, 2.45) is 0 Å². The van der Waals surface area contributed by atoms with Crippen molar-refractivity contribution in [3.63, 3.8) is 0 Å². The summed E-state index contributed by atoms with van der Waals surface area (Å²) in [6.45, 7) is 2.96. The summed E-state index contributed by atoms with van der Waals surface area (Å²) >= 11 is 8.74. The average molecular weight is 297 g/mol. The third-order valence-corrected chi connectivity index (χ3v) is 3.38. The third-order valence-electron chi connectivity index (χ3n) is 2.55. The Morgan fingerprint density at radius 3 is 2.94 bits per heavy atom. The molecule has 0 aliphatic carbocycles. The molecular weight excluding hydrogens is 284 g/mol. The zero-order valence-electron chi connectivity index (χ0n) is 9.03. The van der Waals surface area contributed by atoms with Gasteiger partial charge in [-0.15, -0.1) is 0 Å². The molecule has 2 nitrogen and oxygen atoms in total. The van der Waals surface area contributed by atoms with Gasteiger partial charge in [-0.3, -0.25) is 0 Å². The van der Waals surface area contributed by atoms with Crippen molar-refractivity contribution in [2.45, 2.75) is 19.9 Å². The number of halogens is 1. The second kappa shape index (κ2) is 4.97. The summed E-state index contributed by atoms with van der Waals surface area (Å²) in [7, 11) is 0. The van der Waals surface area contributed by atoms with Crippen LogP contribution in [0.1, 0.15) is 18.2 Å². The van der Waals surface area contributed by atoms with Crippen molar-refractivity contribution in [3.05, 3.63) is 51.0 Å². The molecular formula is C12H13BrN2S. The van der Waals surface area contributed by atoms with E-state index in [1.54, 1.807) is 0 Å². The highest BCUT2D eigenvalue weighted by atomic mass is 79.9. The number of hydrogen-bond acceptors (Lipinski definition) is 1. The highest BCUT2D eigenvalue weighted by Gasteiger charge is 2.03. The lowest BCUT2D eigenvalue weighted by molar-refractivity contribution is 0.736. The van der Waals surface area contributed by atoms with Gasteiger partial charge in [0.2, 0.25) is 0 Å². The monoisotopic (exact) mass is 296 g/mol. The van der Waals surface area contributed by atoms with Gasteiger partial charge in [-0.25, -0.2) is 0 Å². The maximum Gasteiger partial charge on any atom is 0.177 e. The molecule has 16 heavy (non-hydrogen) atoms. The van der Waals surface area contributed by atoms with E-state index in [1.165, 1.54) is 11.3 Å². The summed E-state index contributed by atoms with van der Waals surface area (Å²) in [6, 6.07) is 8.30. The topological polar surface area (TPSA) is 20.7 Å². The molecule has 0 aliphatic rings. The molecule has 0 amide bonds. The first-order valence-electron chi connectivity index (χ1n) is 5.22. The lowest BCUT2D eigenvalue weighted by Gasteiger charge is -2.07. The second-order valence-electron chi connectivity index (χ2n) is 3.65. The van der Waals surface area contributed by atoms with E-state index in [0.717, 1.165) is 22.2 Å². The van der Waals surface area contributed by atoms with Crippen molar-refractivity contribution in [3.8, 4) is 0 Å². The molecule has 4 heteroatoms. The average Bonchev–Trinajstić information content (AvgIpc) is 2.60. The van der Waals surface area contributed by atoms with Crippen LogP contribution in [0.25, 0.3) is 0 Å². The van der Waals surface area contributed by atoms with Gasteiger partial charge < -0.3 is 9.55 Å². The van der Waals surface area contributed by atoms with Crippen LogP contribution in [0.4, 0.5) is 0 Å². The summed E-state index contributed by atoms with van der Waals surface area (Å²) in [5, 5.41) is 0. The first kappa shape index (κ1) is 11.6. The summed E-state index contributed by atoms with van der Waals surface area (Å²) < 4.78 is 4.03. The van der Waals surface area contributed by atoms with Gasteiger partial charge in [-0.2, -0.15) is 0 Å². The largest absolute Gasteiger partial charge is 0.337 e. The first-order valence-corrected chi connectivity index (χ1v) is 6.42. The maximum absolute atomic E-state index is 5.27. The molecule has 0 bridgehead atoms. The van der Waals surface area contributed by atoms with Gasteiger partial charge >= 0.3 is 0 Å². The van der Waals surface area contributed by atoms with Gasteiger partial charge in [-0.05, 0) is 36.3 Å². The smallest absolute Gasteiger partial charge is 0.177 e. The molecule has 0 unspecified atom stereocenters. The minimum atomic E-state index is 0.789. The fraction of sp³-hybridized carbons (Fsp3) is 0.250. The van der Waals surface area contributed by atoms with E-state index in [-0.39, 0.29) is 0 Å². The van der Waals surface area contributed by atoms with E-state index in [1.807, 2.05) is 18.3 Å². The number of aryl methyl sites for hydroxylation is 1. The number of nitrogens with zero attached hydrogens (tertiary/aromatic N) is 1. The van der Waals surface area contributed by atoms with Crippen LogP contribution in [0.2, 0.25) is 0 Å². The predicted octanol–water partition coefficient (Wildman–Crippen LogP) is 3.92. The van der Waals surface area contributed by atoms with Crippen LogP contribution in [0.3, 0.4) is 0 Å². The van der Waals surface area contributed by atoms with Gasteiger partial charge in [0.15, 0.2) is 4.77 Å². The number of nitrogens with one attached hydrogen (secondary N) is 1. The van der Waals surface area contributed by atoms with Gasteiger partial charge in [0.05, 0.1) is 6.54 Å². The molecule has 0 fully saturated rings. The molecule has 2 rings (SSSR count). The molecule has 2 aromatic rings. The maximum atomic E-state index is 5.27. The zero-order chi connectivity index (χ0) is 11.5. The minimum absolute atomic E-state index is 0.789. The Morgan fingerprint density at radius 2 is 2.25 bits per heavy atom. The normalized spacial score (nSPS) is 10.6. The van der Waals surface area contributed by atoms with E-state index in [9.17, 15) is 0 Å². The van der Waals surface area contributed by atoms with E-state index < -0.39 is 0 Å².